The lowest BCUT2D eigenvalue weighted by Crippen LogP contribution is -2.53. The Kier molecular flexibility index (Phi) is 5.38. The van der Waals surface area contributed by atoms with E-state index in [1.807, 2.05) is 4.90 Å². The SMILES string of the molecule is CC(CC(=O)O)N1CCCC(N(C)C(=O)C(F)(F)F)C1. The monoisotopic (exact) mass is 296 g/mol. The van der Waals surface area contributed by atoms with Gasteiger partial charge in [0.05, 0.1) is 6.42 Å². The van der Waals surface area contributed by atoms with Crippen LogP contribution in [0.15, 0.2) is 0 Å². The van der Waals surface area contributed by atoms with Gasteiger partial charge in [0.2, 0.25) is 0 Å². The first-order valence-electron chi connectivity index (χ1n) is 6.42. The molecule has 0 saturated carbocycles. The maximum absolute atomic E-state index is 12.4. The van der Waals surface area contributed by atoms with Crippen molar-refractivity contribution < 1.29 is 27.9 Å². The molecule has 1 aliphatic rings. The Morgan fingerprint density at radius 3 is 2.55 bits per heavy atom. The van der Waals surface area contributed by atoms with Gasteiger partial charge in [-0.1, -0.05) is 0 Å². The number of likely N-dealkylation sites (N-methyl/N-ethyl adjacent to an activating group) is 1. The molecule has 20 heavy (non-hydrogen) atoms. The second-order valence-corrected chi connectivity index (χ2v) is 5.15. The van der Waals surface area contributed by atoms with E-state index in [9.17, 15) is 22.8 Å². The molecule has 0 bridgehead atoms. The standard InChI is InChI=1S/C12H19F3N2O3/c1-8(6-10(18)19)17-5-3-4-9(7-17)16(2)11(20)12(13,14)15/h8-9H,3-7H2,1-2H3,(H,18,19). The predicted octanol–water partition coefficient (Wildman–Crippen LogP) is 1.33. The van der Waals surface area contributed by atoms with Crippen molar-refractivity contribution in [3.8, 4) is 0 Å². The van der Waals surface area contributed by atoms with E-state index in [-0.39, 0.29) is 19.0 Å². The number of halogens is 3. The molecule has 0 aromatic rings. The first-order chi connectivity index (χ1) is 9.12. The van der Waals surface area contributed by atoms with Gasteiger partial charge < -0.3 is 10.0 Å². The van der Waals surface area contributed by atoms with Gasteiger partial charge in [0, 0.05) is 25.7 Å². The van der Waals surface area contributed by atoms with Gasteiger partial charge in [-0.2, -0.15) is 13.2 Å². The lowest BCUT2D eigenvalue weighted by atomic mass is 10.0. The third-order valence-electron chi connectivity index (χ3n) is 3.63. The van der Waals surface area contributed by atoms with E-state index >= 15 is 0 Å². The summed E-state index contributed by atoms with van der Waals surface area (Å²) in [4.78, 5) is 24.4. The normalized spacial score (nSPS) is 22.4. The van der Waals surface area contributed by atoms with Gasteiger partial charge in [0.25, 0.3) is 0 Å². The average Bonchev–Trinajstić information content (AvgIpc) is 2.35. The molecule has 0 radical (unpaired) electrons. The minimum atomic E-state index is -4.87. The fourth-order valence-electron chi connectivity index (χ4n) is 2.45. The molecule has 5 nitrogen and oxygen atoms in total. The second kappa shape index (κ2) is 6.43. The fourth-order valence-corrected chi connectivity index (χ4v) is 2.45. The Balaban J connectivity index is 2.65. The van der Waals surface area contributed by atoms with Crippen LogP contribution in [0, 0.1) is 0 Å². The van der Waals surface area contributed by atoms with Crippen molar-refractivity contribution in [3.63, 3.8) is 0 Å². The Morgan fingerprint density at radius 2 is 2.05 bits per heavy atom. The Morgan fingerprint density at radius 1 is 1.45 bits per heavy atom. The van der Waals surface area contributed by atoms with Crippen LogP contribution in [0.4, 0.5) is 13.2 Å². The molecule has 1 amide bonds. The average molecular weight is 296 g/mol. The highest BCUT2D eigenvalue weighted by atomic mass is 19.4. The topological polar surface area (TPSA) is 60.9 Å². The van der Waals surface area contributed by atoms with E-state index in [0.29, 0.717) is 19.4 Å². The molecule has 0 aromatic carbocycles. The Hall–Kier alpha value is -1.31. The number of likely N-dealkylation sites (tertiary alicyclic amines) is 1. The van der Waals surface area contributed by atoms with Gasteiger partial charge in [-0.15, -0.1) is 0 Å². The number of carbonyl (C=O) groups is 2. The number of nitrogens with zero attached hydrogens (tertiary/aromatic N) is 2. The van der Waals surface area contributed by atoms with Crippen LogP contribution in [0.2, 0.25) is 0 Å². The summed E-state index contributed by atoms with van der Waals surface area (Å²) in [6, 6.07) is -0.793. The number of carbonyl (C=O) groups excluding carboxylic acids is 1. The number of aliphatic carboxylic acids is 1. The molecule has 1 heterocycles. The van der Waals surface area contributed by atoms with Crippen molar-refractivity contribution in [2.45, 2.75) is 44.4 Å². The van der Waals surface area contributed by atoms with Gasteiger partial charge in [-0.3, -0.25) is 14.5 Å². The summed E-state index contributed by atoms with van der Waals surface area (Å²) in [5, 5.41) is 8.74. The van der Waals surface area contributed by atoms with E-state index in [0.717, 1.165) is 11.9 Å². The van der Waals surface area contributed by atoms with Crippen molar-refractivity contribution in [3.05, 3.63) is 0 Å². The number of carboxylic acid groups (broad SMARTS) is 1. The zero-order valence-electron chi connectivity index (χ0n) is 11.5. The Labute approximate surface area is 115 Å². The summed E-state index contributed by atoms with van der Waals surface area (Å²) in [5.41, 5.74) is 0. The summed E-state index contributed by atoms with van der Waals surface area (Å²) >= 11 is 0. The molecule has 1 rings (SSSR count). The van der Waals surface area contributed by atoms with Crippen LogP contribution >= 0.6 is 0 Å². The van der Waals surface area contributed by atoms with Crippen LogP contribution in [0.5, 0.6) is 0 Å². The van der Waals surface area contributed by atoms with E-state index in [1.54, 1.807) is 6.92 Å². The van der Waals surface area contributed by atoms with E-state index < -0.39 is 24.1 Å². The van der Waals surface area contributed by atoms with E-state index in [4.69, 9.17) is 5.11 Å². The largest absolute Gasteiger partial charge is 0.481 e. The van der Waals surface area contributed by atoms with Crippen molar-refractivity contribution in [1.82, 2.24) is 9.80 Å². The van der Waals surface area contributed by atoms with Crippen molar-refractivity contribution in [2.75, 3.05) is 20.1 Å². The van der Waals surface area contributed by atoms with E-state index in [1.165, 1.54) is 0 Å². The van der Waals surface area contributed by atoms with Crippen LogP contribution < -0.4 is 0 Å². The summed E-state index contributed by atoms with van der Waals surface area (Å²) in [6.45, 7) is 2.63. The number of amides is 1. The molecule has 2 atom stereocenters. The smallest absolute Gasteiger partial charge is 0.471 e. The highest BCUT2D eigenvalue weighted by molar-refractivity contribution is 5.81. The van der Waals surface area contributed by atoms with Gasteiger partial charge in [-0.25, -0.2) is 0 Å². The number of rotatable bonds is 4. The van der Waals surface area contributed by atoms with Crippen molar-refractivity contribution in [2.24, 2.45) is 0 Å². The number of hydrogen-bond acceptors (Lipinski definition) is 3. The first kappa shape index (κ1) is 16.7. The first-order valence-corrected chi connectivity index (χ1v) is 6.42. The van der Waals surface area contributed by atoms with Crippen molar-refractivity contribution in [1.29, 1.82) is 0 Å². The van der Waals surface area contributed by atoms with Gasteiger partial charge in [0.1, 0.15) is 0 Å². The molecule has 1 aliphatic heterocycles. The number of piperidine rings is 1. The highest BCUT2D eigenvalue weighted by Crippen LogP contribution is 2.23. The summed E-state index contributed by atoms with van der Waals surface area (Å²) in [5.74, 6) is -2.80. The third kappa shape index (κ3) is 4.36. The van der Waals surface area contributed by atoms with E-state index in [2.05, 4.69) is 0 Å². The molecule has 0 spiro atoms. The fraction of sp³-hybridized carbons (Fsp3) is 0.833. The maximum atomic E-state index is 12.4. The van der Waals surface area contributed by atoms with Gasteiger partial charge >= 0.3 is 18.1 Å². The zero-order valence-corrected chi connectivity index (χ0v) is 11.5. The number of hydrogen-bond donors (Lipinski definition) is 1. The molecule has 1 fully saturated rings. The lowest BCUT2D eigenvalue weighted by Gasteiger charge is -2.40. The Bertz CT molecular complexity index is 373. The minimum Gasteiger partial charge on any atom is -0.481 e. The van der Waals surface area contributed by atoms with Gasteiger partial charge in [-0.05, 0) is 26.3 Å². The van der Waals surface area contributed by atoms with Crippen LogP contribution in [-0.2, 0) is 9.59 Å². The van der Waals surface area contributed by atoms with Crippen LogP contribution in [0.1, 0.15) is 26.2 Å². The maximum Gasteiger partial charge on any atom is 0.471 e. The second-order valence-electron chi connectivity index (χ2n) is 5.15. The molecule has 0 aliphatic carbocycles. The molecular formula is C12H19F3N2O3. The lowest BCUT2D eigenvalue weighted by molar-refractivity contribution is -0.187. The zero-order chi connectivity index (χ0) is 15.5. The summed E-state index contributed by atoms with van der Waals surface area (Å²) in [6.07, 6.45) is -3.80. The predicted molar refractivity (Wildman–Crippen MR) is 65.1 cm³/mol. The van der Waals surface area contributed by atoms with Crippen LogP contribution in [0.3, 0.4) is 0 Å². The molecular weight excluding hydrogens is 277 g/mol. The molecule has 2 unspecified atom stereocenters. The summed E-state index contributed by atoms with van der Waals surface area (Å²) in [7, 11) is 1.14. The number of alkyl halides is 3. The molecule has 0 aromatic heterocycles. The molecule has 8 heteroatoms. The van der Waals surface area contributed by atoms with Crippen LogP contribution in [-0.4, -0.2) is 65.2 Å². The number of carboxylic acids is 1. The van der Waals surface area contributed by atoms with Crippen molar-refractivity contribution >= 4 is 11.9 Å². The molecule has 1 saturated heterocycles. The quantitative estimate of drug-likeness (QED) is 0.850. The molecule has 1 N–H and O–H groups in total. The third-order valence-corrected chi connectivity index (χ3v) is 3.63. The minimum absolute atomic E-state index is 0.0658. The van der Waals surface area contributed by atoms with Crippen LogP contribution in [0.25, 0.3) is 0 Å². The summed E-state index contributed by atoms with van der Waals surface area (Å²) < 4.78 is 37.2. The highest BCUT2D eigenvalue weighted by Gasteiger charge is 2.43. The molecule has 116 valence electrons. The van der Waals surface area contributed by atoms with Gasteiger partial charge in [0.15, 0.2) is 0 Å².